The van der Waals surface area contributed by atoms with Crippen molar-refractivity contribution >= 4 is 56.7 Å². The third kappa shape index (κ3) is 4.69. The van der Waals surface area contributed by atoms with Crippen molar-refractivity contribution in [1.29, 1.82) is 0 Å². The van der Waals surface area contributed by atoms with Gasteiger partial charge in [-0.2, -0.15) is 0 Å². The third-order valence-electron chi connectivity index (χ3n) is 5.19. The molecule has 0 aliphatic carbocycles. The first kappa shape index (κ1) is 22.8. The molecule has 0 spiro atoms. The molecule has 1 aliphatic heterocycles. The Bertz CT molecular complexity index is 1300. The maximum Gasteiger partial charge on any atom is 0.343 e. The fraction of sp³-hybridized carbons (Fsp3) is 0.0800. The van der Waals surface area contributed by atoms with Gasteiger partial charge < -0.3 is 10.1 Å². The van der Waals surface area contributed by atoms with Crippen LogP contribution < -0.4 is 15.0 Å². The molecule has 0 aromatic heterocycles. The second-order valence-electron chi connectivity index (χ2n) is 7.45. The molecular weight excluding hydrogens is 508 g/mol. The third-order valence-corrected chi connectivity index (χ3v) is 6.07. The van der Waals surface area contributed by atoms with Crippen LogP contribution in [0.1, 0.15) is 21.5 Å². The Balaban J connectivity index is 1.47. The van der Waals surface area contributed by atoms with Crippen molar-refractivity contribution in [2.24, 2.45) is 0 Å². The Hall–Kier alpha value is -3.42. The SMILES string of the molecule is Cc1ccc(OC(=O)c2ccc(NC3=C(Cl)C(=O)N(c4ccc(Br)cc4)C3=O)cc2)cc1C. The van der Waals surface area contributed by atoms with Crippen LogP contribution in [0.25, 0.3) is 0 Å². The van der Waals surface area contributed by atoms with E-state index in [-0.39, 0.29) is 10.7 Å². The molecule has 0 atom stereocenters. The molecule has 4 rings (SSSR count). The molecule has 0 saturated carbocycles. The van der Waals surface area contributed by atoms with E-state index in [9.17, 15) is 14.4 Å². The minimum Gasteiger partial charge on any atom is -0.423 e. The van der Waals surface area contributed by atoms with E-state index in [1.165, 1.54) is 0 Å². The molecule has 166 valence electrons. The zero-order chi connectivity index (χ0) is 23.7. The van der Waals surface area contributed by atoms with Gasteiger partial charge in [0, 0.05) is 10.2 Å². The molecule has 3 aromatic carbocycles. The van der Waals surface area contributed by atoms with E-state index in [1.807, 2.05) is 19.9 Å². The average molecular weight is 526 g/mol. The molecule has 8 heteroatoms. The van der Waals surface area contributed by atoms with Crippen LogP contribution in [0.5, 0.6) is 5.75 Å². The van der Waals surface area contributed by atoms with Crippen LogP contribution in [0.3, 0.4) is 0 Å². The normalized spacial score (nSPS) is 13.5. The number of aryl methyl sites for hydroxylation is 2. The monoisotopic (exact) mass is 524 g/mol. The number of amides is 2. The van der Waals surface area contributed by atoms with Gasteiger partial charge in [-0.3, -0.25) is 9.59 Å². The highest BCUT2D eigenvalue weighted by Crippen LogP contribution is 2.31. The predicted octanol–water partition coefficient (Wildman–Crippen LogP) is 5.72. The van der Waals surface area contributed by atoms with E-state index in [2.05, 4.69) is 21.2 Å². The van der Waals surface area contributed by atoms with Crippen molar-refractivity contribution < 1.29 is 19.1 Å². The van der Waals surface area contributed by atoms with E-state index < -0.39 is 17.8 Å². The quantitative estimate of drug-likeness (QED) is 0.262. The van der Waals surface area contributed by atoms with E-state index in [0.29, 0.717) is 22.7 Å². The molecule has 0 bridgehead atoms. The van der Waals surface area contributed by atoms with Gasteiger partial charge in [0.25, 0.3) is 11.8 Å². The molecule has 1 N–H and O–H groups in total. The molecule has 33 heavy (non-hydrogen) atoms. The largest absolute Gasteiger partial charge is 0.423 e. The highest BCUT2D eigenvalue weighted by Gasteiger charge is 2.38. The summed E-state index contributed by atoms with van der Waals surface area (Å²) in [6.07, 6.45) is 0. The van der Waals surface area contributed by atoms with Crippen LogP contribution in [0.2, 0.25) is 0 Å². The number of halogens is 2. The number of anilines is 2. The Morgan fingerprint density at radius 1 is 0.909 bits per heavy atom. The van der Waals surface area contributed by atoms with Crippen molar-refractivity contribution in [2.45, 2.75) is 13.8 Å². The highest BCUT2D eigenvalue weighted by molar-refractivity contribution is 9.10. The second-order valence-corrected chi connectivity index (χ2v) is 8.74. The molecule has 2 amide bonds. The highest BCUT2D eigenvalue weighted by atomic mass is 79.9. The number of esters is 1. The zero-order valence-corrected chi connectivity index (χ0v) is 20.0. The minimum absolute atomic E-state index is 0.0324. The first-order valence-electron chi connectivity index (χ1n) is 9.95. The summed E-state index contributed by atoms with van der Waals surface area (Å²) in [7, 11) is 0. The number of benzene rings is 3. The Labute approximate surface area is 203 Å². The number of nitrogens with zero attached hydrogens (tertiary/aromatic N) is 1. The fourth-order valence-corrected chi connectivity index (χ4v) is 3.69. The van der Waals surface area contributed by atoms with Crippen molar-refractivity contribution in [3.63, 3.8) is 0 Å². The standard InChI is InChI=1S/C25H18BrClN2O4/c1-14-3-12-20(13-15(14)2)33-25(32)16-4-8-18(9-5-16)28-22-21(27)23(30)29(24(22)31)19-10-6-17(26)7-11-19/h3-13,28H,1-2H3. The van der Waals surface area contributed by atoms with Crippen molar-refractivity contribution in [3.05, 3.63) is 98.6 Å². The number of ether oxygens (including phenoxy) is 1. The molecule has 1 heterocycles. The van der Waals surface area contributed by atoms with Gasteiger partial charge in [-0.15, -0.1) is 0 Å². The molecular formula is C25H18BrClN2O4. The average Bonchev–Trinajstić information content (AvgIpc) is 3.00. The van der Waals surface area contributed by atoms with Crippen LogP contribution in [-0.4, -0.2) is 17.8 Å². The summed E-state index contributed by atoms with van der Waals surface area (Å²) in [5.41, 5.74) is 3.34. The molecule has 1 aliphatic rings. The molecule has 0 fully saturated rings. The van der Waals surface area contributed by atoms with Gasteiger partial charge in [0.05, 0.1) is 11.3 Å². The molecule has 0 radical (unpaired) electrons. The lowest BCUT2D eigenvalue weighted by atomic mass is 10.1. The number of carbonyl (C=O) groups is 3. The first-order chi connectivity index (χ1) is 15.7. The Kier molecular flexibility index (Phi) is 6.35. The van der Waals surface area contributed by atoms with E-state index in [4.69, 9.17) is 16.3 Å². The van der Waals surface area contributed by atoms with E-state index in [1.54, 1.807) is 60.7 Å². The van der Waals surface area contributed by atoms with Gasteiger partial charge in [0.2, 0.25) is 0 Å². The van der Waals surface area contributed by atoms with Gasteiger partial charge in [-0.25, -0.2) is 9.69 Å². The van der Waals surface area contributed by atoms with Crippen LogP contribution >= 0.6 is 27.5 Å². The van der Waals surface area contributed by atoms with Gasteiger partial charge in [0.15, 0.2) is 0 Å². The lowest BCUT2D eigenvalue weighted by Crippen LogP contribution is -2.32. The van der Waals surface area contributed by atoms with Crippen LogP contribution in [0.15, 0.2) is 81.9 Å². The Morgan fingerprint density at radius 3 is 2.21 bits per heavy atom. The van der Waals surface area contributed by atoms with Crippen molar-refractivity contribution in [2.75, 3.05) is 10.2 Å². The second kappa shape index (κ2) is 9.21. The van der Waals surface area contributed by atoms with Gasteiger partial charge in [-0.05, 0) is 85.6 Å². The smallest absolute Gasteiger partial charge is 0.343 e. The molecule has 0 saturated heterocycles. The summed E-state index contributed by atoms with van der Waals surface area (Å²) in [4.78, 5) is 38.9. The summed E-state index contributed by atoms with van der Waals surface area (Å²) >= 11 is 9.49. The topological polar surface area (TPSA) is 75.7 Å². The number of hydrogen-bond donors (Lipinski definition) is 1. The van der Waals surface area contributed by atoms with Crippen LogP contribution in [0.4, 0.5) is 11.4 Å². The van der Waals surface area contributed by atoms with Gasteiger partial charge in [0.1, 0.15) is 16.5 Å². The number of imide groups is 1. The maximum atomic E-state index is 12.9. The fourth-order valence-electron chi connectivity index (χ4n) is 3.21. The first-order valence-corrected chi connectivity index (χ1v) is 11.1. The van der Waals surface area contributed by atoms with Gasteiger partial charge in [-0.1, -0.05) is 33.6 Å². The van der Waals surface area contributed by atoms with Crippen LogP contribution in [0, 0.1) is 13.8 Å². The predicted molar refractivity (Wildman–Crippen MR) is 130 cm³/mol. The number of hydrogen-bond acceptors (Lipinski definition) is 5. The molecule has 6 nitrogen and oxygen atoms in total. The maximum absolute atomic E-state index is 12.9. The number of carbonyl (C=O) groups excluding carboxylic acids is 3. The lowest BCUT2D eigenvalue weighted by Gasteiger charge is -2.15. The van der Waals surface area contributed by atoms with Crippen molar-refractivity contribution in [1.82, 2.24) is 0 Å². The Morgan fingerprint density at radius 2 is 1.58 bits per heavy atom. The summed E-state index contributed by atoms with van der Waals surface area (Å²) in [5.74, 6) is -1.22. The number of nitrogens with one attached hydrogen (secondary N) is 1. The lowest BCUT2D eigenvalue weighted by molar-refractivity contribution is -0.120. The van der Waals surface area contributed by atoms with Crippen LogP contribution in [-0.2, 0) is 9.59 Å². The van der Waals surface area contributed by atoms with E-state index >= 15 is 0 Å². The summed E-state index contributed by atoms with van der Waals surface area (Å²) in [5, 5.41) is 2.68. The minimum atomic E-state index is -0.611. The zero-order valence-electron chi connectivity index (χ0n) is 17.7. The van der Waals surface area contributed by atoms with Gasteiger partial charge >= 0.3 is 5.97 Å². The van der Waals surface area contributed by atoms with Crippen molar-refractivity contribution in [3.8, 4) is 5.75 Å². The number of rotatable bonds is 5. The van der Waals surface area contributed by atoms with E-state index in [0.717, 1.165) is 20.5 Å². The summed E-state index contributed by atoms with van der Waals surface area (Å²) in [6.45, 7) is 3.93. The molecule has 3 aromatic rings. The summed E-state index contributed by atoms with van der Waals surface area (Å²) in [6, 6.07) is 18.5. The summed E-state index contributed by atoms with van der Waals surface area (Å²) < 4.78 is 6.25. The molecule has 0 unspecified atom stereocenters.